The summed E-state index contributed by atoms with van der Waals surface area (Å²) in [7, 11) is 0. The Bertz CT molecular complexity index is 874. The van der Waals surface area contributed by atoms with Crippen molar-refractivity contribution in [2.75, 3.05) is 31.9 Å². The zero-order chi connectivity index (χ0) is 19.5. The van der Waals surface area contributed by atoms with Crippen molar-refractivity contribution in [1.29, 1.82) is 0 Å². The lowest BCUT2D eigenvalue weighted by Crippen LogP contribution is -2.40. The summed E-state index contributed by atoms with van der Waals surface area (Å²) in [5.74, 6) is 1.28. The Kier molecular flexibility index (Phi) is 5.61. The van der Waals surface area contributed by atoms with Gasteiger partial charge in [0.1, 0.15) is 5.82 Å². The standard InChI is InChI=1S/C19H21FN4O3S/c20-15-5-1-3-13(11-15)17-21-18(27-22-17)14-4-2-7-24(12-14)16(25)6-8-23-9-10-28-19(23)26/h1,3,5,11,14H,2,4,6-10,12H2. The number of thioether (sulfide) groups is 1. The lowest BCUT2D eigenvalue weighted by atomic mass is 9.97. The molecule has 9 heteroatoms. The average Bonchev–Trinajstić information content (AvgIpc) is 3.35. The fourth-order valence-electron chi connectivity index (χ4n) is 3.57. The molecule has 3 heterocycles. The molecule has 0 saturated carbocycles. The highest BCUT2D eigenvalue weighted by Gasteiger charge is 2.29. The van der Waals surface area contributed by atoms with Gasteiger partial charge in [-0.05, 0) is 25.0 Å². The Morgan fingerprint density at radius 1 is 1.36 bits per heavy atom. The summed E-state index contributed by atoms with van der Waals surface area (Å²) in [5.41, 5.74) is 0.562. The highest BCUT2D eigenvalue weighted by Crippen LogP contribution is 2.28. The number of aromatic nitrogens is 2. The van der Waals surface area contributed by atoms with Crippen LogP contribution in [-0.4, -0.2) is 63.0 Å². The van der Waals surface area contributed by atoms with Gasteiger partial charge in [-0.25, -0.2) is 4.39 Å². The van der Waals surface area contributed by atoms with Crippen LogP contribution in [0.15, 0.2) is 28.8 Å². The summed E-state index contributed by atoms with van der Waals surface area (Å²) in [4.78, 5) is 32.2. The molecule has 0 radical (unpaired) electrons. The van der Waals surface area contributed by atoms with Crippen molar-refractivity contribution in [2.45, 2.75) is 25.2 Å². The van der Waals surface area contributed by atoms with Gasteiger partial charge in [0.25, 0.3) is 5.24 Å². The summed E-state index contributed by atoms with van der Waals surface area (Å²) < 4.78 is 18.8. The number of nitrogens with zero attached hydrogens (tertiary/aromatic N) is 4. The molecule has 4 rings (SSSR count). The van der Waals surface area contributed by atoms with Gasteiger partial charge in [0.15, 0.2) is 0 Å². The third kappa shape index (κ3) is 4.19. The largest absolute Gasteiger partial charge is 0.342 e. The first-order valence-electron chi connectivity index (χ1n) is 9.39. The van der Waals surface area contributed by atoms with Gasteiger partial charge in [0, 0.05) is 43.9 Å². The number of carbonyl (C=O) groups excluding carboxylic acids is 2. The number of hydrogen-bond donors (Lipinski definition) is 0. The lowest BCUT2D eigenvalue weighted by Gasteiger charge is -2.31. The molecule has 2 aliphatic rings. The van der Waals surface area contributed by atoms with E-state index in [4.69, 9.17) is 4.52 Å². The molecule has 1 aromatic carbocycles. The predicted molar refractivity (Wildman–Crippen MR) is 102 cm³/mol. The van der Waals surface area contributed by atoms with E-state index >= 15 is 0 Å². The molecule has 2 saturated heterocycles. The van der Waals surface area contributed by atoms with Crippen molar-refractivity contribution in [3.8, 4) is 11.4 Å². The van der Waals surface area contributed by atoms with Crippen LogP contribution in [0.25, 0.3) is 11.4 Å². The van der Waals surface area contributed by atoms with E-state index in [-0.39, 0.29) is 22.9 Å². The highest BCUT2D eigenvalue weighted by molar-refractivity contribution is 8.13. The fourth-order valence-corrected chi connectivity index (χ4v) is 4.42. The SMILES string of the molecule is O=C(CCN1CCSC1=O)N1CCCC(c2nc(-c3cccc(F)c3)no2)C1. The minimum atomic E-state index is -0.354. The van der Waals surface area contributed by atoms with Crippen LogP contribution in [0.2, 0.25) is 0 Å². The number of likely N-dealkylation sites (tertiary alicyclic amines) is 1. The lowest BCUT2D eigenvalue weighted by molar-refractivity contribution is -0.132. The molecule has 28 heavy (non-hydrogen) atoms. The second-order valence-electron chi connectivity index (χ2n) is 7.00. The number of benzene rings is 1. The van der Waals surface area contributed by atoms with Crippen molar-refractivity contribution < 1.29 is 18.5 Å². The number of hydrogen-bond acceptors (Lipinski definition) is 6. The highest BCUT2D eigenvalue weighted by atomic mass is 32.2. The zero-order valence-electron chi connectivity index (χ0n) is 15.3. The minimum Gasteiger partial charge on any atom is -0.342 e. The van der Waals surface area contributed by atoms with Crippen LogP contribution in [0, 0.1) is 5.82 Å². The van der Waals surface area contributed by atoms with Gasteiger partial charge >= 0.3 is 0 Å². The number of rotatable bonds is 5. The molecule has 0 aliphatic carbocycles. The molecular weight excluding hydrogens is 383 g/mol. The Hall–Kier alpha value is -2.42. The van der Waals surface area contributed by atoms with Crippen molar-refractivity contribution in [2.24, 2.45) is 0 Å². The fraction of sp³-hybridized carbons (Fsp3) is 0.474. The molecule has 2 fully saturated rings. The summed E-state index contributed by atoms with van der Waals surface area (Å²) in [5, 5.41) is 4.02. The van der Waals surface area contributed by atoms with E-state index in [9.17, 15) is 14.0 Å². The summed E-state index contributed by atoms with van der Waals surface area (Å²) in [6.45, 7) is 2.40. The van der Waals surface area contributed by atoms with E-state index in [1.54, 1.807) is 17.0 Å². The van der Waals surface area contributed by atoms with Gasteiger partial charge in [0.2, 0.25) is 17.6 Å². The van der Waals surface area contributed by atoms with E-state index < -0.39 is 0 Å². The molecule has 1 unspecified atom stereocenters. The predicted octanol–water partition coefficient (Wildman–Crippen LogP) is 3.14. The van der Waals surface area contributed by atoms with Gasteiger partial charge in [0.05, 0.1) is 5.92 Å². The maximum atomic E-state index is 13.4. The van der Waals surface area contributed by atoms with E-state index in [1.165, 1.54) is 23.9 Å². The molecular formula is C19H21FN4O3S. The molecule has 1 atom stereocenters. The van der Waals surface area contributed by atoms with E-state index in [0.717, 1.165) is 18.6 Å². The Morgan fingerprint density at radius 2 is 2.25 bits per heavy atom. The van der Waals surface area contributed by atoms with Crippen molar-refractivity contribution >= 4 is 22.9 Å². The molecule has 148 valence electrons. The molecule has 2 amide bonds. The van der Waals surface area contributed by atoms with Crippen LogP contribution in [0.4, 0.5) is 9.18 Å². The van der Waals surface area contributed by atoms with E-state index in [2.05, 4.69) is 10.1 Å². The average molecular weight is 404 g/mol. The maximum absolute atomic E-state index is 13.4. The minimum absolute atomic E-state index is 0.0310. The third-order valence-corrected chi connectivity index (χ3v) is 5.98. The van der Waals surface area contributed by atoms with Gasteiger partial charge in [-0.3, -0.25) is 9.59 Å². The van der Waals surface area contributed by atoms with Crippen molar-refractivity contribution in [3.05, 3.63) is 36.0 Å². The second kappa shape index (κ2) is 8.30. The molecule has 0 spiro atoms. The quantitative estimate of drug-likeness (QED) is 0.762. The number of halogens is 1. The first-order valence-corrected chi connectivity index (χ1v) is 10.4. The molecule has 2 aromatic rings. The van der Waals surface area contributed by atoms with Gasteiger partial charge < -0.3 is 14.3 Å². The van der Waals surface area contributed by atoms with Crippen LogP contribution < -0.4 is 0 Å². The van der Waals surface area contributed by atoms with Crippen molar-refractivity contribution in [3.63, 3.8) is 0 Å². The van der Waals surface area contributed by atoms with E-state index in [0.29, 0.717) is 49.9 Å². The maximum Gasteiger partial charge on any atom is 0.281 e. The molecule has 1 aromatic heterocycles. The zero-order valence-corrected chi connectivity index (χ0v) is 16.2. The Morgan fingerprint density at radius 3 is 3.04 bits per heavy atom. The van der Waals surface area contributed by atoms with Crippen LogP contribution >= 0.6 is 11.8 Å². The molecule has 2 aliphatic heterocycles. The third-order valence-electron chi connectivity index (χ3n) is 5.09. The van der Waals surface area contributed by atoms with Crippen LogP contribution in [0.3, 0.4) is 0 Å². The summed E-state index contributed by atoms with van der Waals surface area (Å²) in [6, 6.07) is 6.06. The van der Waals surface area contributed by atoms with Gasteiger partial charge in [-0.2, -0.15) is 4.98 Å². The van der Waals surface area contributed by atoms with Crippen LogP contribution in [-0.2, 0) is 4.79 Å². The van der Waals surface area contributed by atoms with Gasteiger partial charge in [-0.15, -0.1) is 0 Å². The Balaban J connectivity index is 1.37. The van der Waals surface area contributed by atoms with Crippen molar-refractivity contribution in [1.82, 2.24) is 19.9 Å². The monoisotopic (exact) mass is 404 g/mol. The van der Waals surface area contributed by atoms with Crippen LogP contribution in [0.1, 0.15) is 31.1 Å². The molecule has 0 bridgehead atoms. The van der Waals surface area contributed by atoms with Gasteiger partial charge in [-0.1, -0.05) is 29.1 Å². The first kappa shape index (κ1) is 18.9. The first-order chi connectivity index (χ1) is 13.6. The molecule has 7 nitrogen and oxygen atoms in total. The summed E-state index contributed by atoms with van der Waals surface area (Å²) >= 11 is 1.30. The smallest absolute Gasteiger partial charge is 0.281 e. The van der Waals surface area contributed by atoms with Crippen LogP contribution in [0.5, 0.6) is 0 Å². The number of amides is 2. The second-order valence-corrected chi connectivity index (χ2v) is 8.04. The van der Waals surface area contributed by atoms with E-state index in [1.807, 2.05) is 4.90 Å². The number of piperidine rings is 1. The summed E-state index contributed by atoms with van der Waals surface area (Å²) in [6.07, 6.45) is 2.04. The topological polar surface area (TPSA) is 79.5 Å². The number of carbonyl (C=O) groups is 2. The Labute approximate surface area is 166 Å². The molecule has 0 N–H and O–H groups in total. The normalized spacial score (nSPS) is 20.0.